The van der Waals surface area contributed by atoms with Gasteiger partial charge in [0.05, 0.1) is 6.17 Å². The molecule has 0 N–H and O–H groups in total. The minimum absolute atomic E-state index is 0.294. The summed E-state index contributed by atoms with van der Waals surface area (Å²) in [5, 5.41) is 0. The normalized spacial score (nSPS) is 26.8. The smallest absolute Gasteiger partial charge is 0.225 e. The van der Waals surface area contributed by atoms with Crippen molar-refractivity contribution in [3.8, 4) is 0 Å². The van der Waals surface area contributed by atoms with Crippen LogP contribution >= 0.6 is 0 Å². The third-order valence-corrected chi connectivity index (χ3v) is 7.83. The number of benzene rings is 1. The summed E-state index contributed by atoms with van der Waals surface area (Å²) in [5.41, 5.74) is 4.32. The zero-order valence-electron chi connectivity index (χ0n) is 18.0. The Morgan fingerprint density at radius 1 is 0.862 bits per heavy atom. The number of rotatable bonds is 4. The Balaban J connectivity index is 1.22. The molecule has 1 aromatic rings. The monoisotopic (exact) mass is 395 g/mol. The van der Waals surface area contributed by atoms with Gasteiger partial charge in [-0.05, 0) is 74.7 Å². The molecular formula is C25H37N3O. The lowest BCUT2D eigenvalue weighted by Gasteiger charge is -2.34. The molecule has 1 aromatic carbocycles. The molecule has 4 heteroatoms. The second-order valence-corrected chi connectivity index (χ2v) is 9.78. The van der Waals surface area contributed by atoms with Crippen molar-refractivity contribution < 1.29 is 4.79 Å². The first kappa shape index (κ1) is 19.6. The number of hydrogen-bond donors (Lipinski definition) is 0. The summed E-state index contributed by atoms with van der Waals surface area (Å²) in [6, 6.07) is 7.08. The van der Waals surface area contributed by atoms with Crippen LogP contribution in [0, 0.1) is 5.92 Å². The van der Waals surface area contributed by atoms with E-state index >= 15 is 0 Å². The molecule has 3 aliphatic heterocycles. The zero-order valence-corrected chi connectivity index (χ0v) is 18.0. The highest BCUT2D eigenvalue weighted by Crippen LogP contribution is 2.30. The van der Waals surface area contributed by atoms with Gasteiger partial charge in [0.15, 0.2) is 0 Å². The van der Waals surface area contributed by atoms with E-state index in [4.69, 9.17) is 0 Å². The molecule has 2 saturated heterocycles. The average Bonchev–Trinajstić information content (AvgIpc) is 3.45. The molecule has 1 amide bonds. The molecular weight excluding hydrogens is 358 g/mol. The predicted molar refractivity (Wildman–Crippen MR) is 116 cm³/mol. The average molecular weight is 396 g/mol. The van der Waals surface area contributed by atoms with Crippen LogP contribution in [0.15, 0.2) is 18.2 Å². The number of likely N-dealkylation sites (tertiary alicyclic amines) is 2. The van der Waals surface area contributed by atoms with Gasteiger partial charge in [-0.2, -0.15) is 0 Å². The Kier molecular flexibility index (Phi) is 5.92. The highest BCUT2D eigenvalue weighted by molar-refractivity contribution is 5.79. The first-order valence-corrected chi connectivity index (χ1v) is 12.2. The van der Waals surface area contributed by atoms with Gasteiger partial charge in [-0.3, -0.25) is 14.6 Å². The minimum Gasteiger partial charge on any atom is -0.338 e. The summed E-state index contributed by atoms with van der Waals surface area (Å²) in [4.78, 5) is 20.5. The van der Waals surface area contributed by atoms with Crippen LogP contribution in [0.2, 0.25) is 0 Å². The van der Waals surface area contributed by atoms with Crippen molar-refractivity contribution >= 4 is 5.91 Å². The molecule has 0 spiro atoms. The van der Waals surface area contributed by atoms with Gasteiger partial charge in [-0.25, -0.2) is 0 Å². The molecule has 4 aliphatic rings. The number of hydrogen-bond acceptors (Lipinski definition) is 3. The minimum atomic E-state index is 0.294. The Hall–Kier alpha value is -1.39. The highest BCUT2D eigenvalue weighted by Gasteiger charge is 2.32. The van der Waals surface area contributed by atoms with Crippen molar-refractivity contribution in [2.24, 2.45) is 5.92 Å². The number of nitrogens with zero attached hydrogens (tertiary/aromatic N) is 3. The van der Waals surface area contributed by atoms with Crippen LogP contribution < -0.4 is 0 Å². The largest absolute Gasteiger partial charge is 0.338 e. The number of amides is 1. The van der Waals surface area contributed by atoms with E-state index in [9.17, 15) is 4.79 Å². The van der Waals surface area contributed by atoms with Crippen LogP contribution in [-0.2, 0) is 24.3 Å². The van der Waals surface area contributed by atoms with Gasteiger partial charge in [0, 0.05) is 32.1 Å². The molecule has 3 heterocycles. The van der Waals surface area contributed by atoms with E-state index in [0.717, 1.165) is 38.9 Å². The van der Waals surface area contributed by atoms with Crippen LogP contribution in [0.25, 0.3) is 0 Å². The van der Waals surface area contributed by atoms with Crippen molar-refractivity contribution in [1.82, 2.24) is 14.7 Å². The van der Waals surface area contributed by atoms with Gasteiger partial charge in [-0.15, -0.1) is 0 Å². The molecule has 0 bridgehead atoms. The summed E-state index contributed by atoms with van der Waals surface area (Å²) in [5.74, 6) is 0.715. The molecule has 29 heavy (non-hydrogen) atoms. The highest BCUT2D eigenvalue weighted by atomic mass is 16.2. The number of carbonyl (C=O) groups is 1. The quantitative estimate of drug-likeness (QED) is 0.766. The fourth-order valence-corrected chi connectivity index (χ4v) is 6.18. The first-order chi connectivity index (χ1) is 14.3. The number of fused-ring (bicyclic) bond motifs is 1. The second-order valence-electron chi connectivity index (χ2n) is 9.78. The lowest BCUT2D eigenvalue weighted by molar-refractivity contribution is -0.137. The topological polar surface area (TPSA) is 26.8 Å². The maximum absolute atomic E-state index is 12.9. The first-order valence-electron chi connectivity index (χ1n) is 12.2. The summed E-state index contributed by atoms with van der Waals surface area (Å²) >= 11 is 0. The lowest BCUT2D eigenvalue weighted by Crippen LogP contribution is -2.42. The molecule has 0 aromatic heterocycles. The third kappa shape index (κ3) is 4.25. The zero-order chi connectivity index (χ0) is 19.6. The van der Waals surface area contributed by atoms with E-state index in [-0.39, 0.29) is 0 Å². The van der Waals surface area contributed by atoms with Crippen LogP contribution in [0.4, 0.5) is 0 Å². The fourth-order valence-electron chi connectivity index (χ4n) is 6.18. The fraction of sp³-hybridized carbons (Fsp3) is 0.720. The summed E-state index contributed by atoms with van der Waals surface area (Å²) in [7, 11) is 0. The van der Waals surface area contributed by atoms with Gasteiger partial charge in [0.2, 0.25) is 5.91 Å². The van der Waals surface area contributed by atoms with Crippen molar-refractivity contribution in [2.45, 2.75) is 83.5 Å². The summed E-state index contributed by atoms with van der Waals surface area (Å²) < 4.78 is 0. The molecule has 1 unspecified atom stereocenters. The lowest BCUT2D eigenvalue weighted by atomic mass is 9.87. The SMILES string of the molecule is O=C(C1CCCCC1)N1CCc2cc(CN3CCCC3N3CCCC3)ccc2C1. The molecule has 1 saturated carbocycles. The molecule has 4 nitrogen and oxygen atoms in total. The van der Waals surface area contributed by atoms with Crippen molar-refractivity contribution in [3.05, 3.63) is 34.9 Å². The van der Waals surface area contributed by atoms with Gasteiger partial charge >= 0.3 is 0 Å². The molecule has 158 valence electrons. The Morgan fingerprint density at radius 3 is 2.52 bits per heavy atom. The van der Waals surface area contributed by atoms with Crippen LogP contribution in [0.1, 0.15) is 74.5 Å². The third-order valence-electron chi connectivity index (χ3n) is 7.83. The van der Waals surface area contributed by atoms with Crippen LogP contribution in [-0.4, -0.2) is 53.0 Å². The van der Waals surface area contributed by atoms with Crippen molar-refractivity contribution in [2.75, 3.05) is 26.2 Å². The molecule has 0 radical (unpaired) electrons. The molecule has 1 aliphatic carbocycles. The summed E-state index contributed by atoms with van der Waals surface area (Å²) in [6.07, 6.45) is 13.1. The van der Waals surface area contributed by atoms with Gasteiger partial charge in [0.25, 0.3) is 0 Å². The second kappa shape index (κ2) is 8.77. The van der Waals surface area contributed by atoms with E-state index in [1.165, 1.54) is 81.3 Å². The standard InChI is InChI=1S/C25H37N3O/c29-25(21-7-2-1-3-8-21)28-16-12-22-17-20(10-11-23(22)19-28)18-27-15-6-9-24(27)26-13-4-5-14-26/h10-11,17,21,24H,1-9,12-16,18-19H2. The van der Waals surface area contributed by atoms with Gasteiger partial charge in [0.1, 0.15) is 0 Å². The Morgan fingerprint density at radius 2 is 1.69 bits per heavy atom. The van der Waals surface area contributed by atoms with Gasteiger partial charge in [-0.1, -0.05) is 37.5 Å². The van der Waals surface area contributed by atoms with E-state index < -0.39 is 0 Å². The molecule has 5 rings (SSSR count). The summed E-state index contributed by atoms with van der Waals surface area (Å²) in [6.45, 7) is 6.63. The van der Waals surface area contributed by atoms with E-state index in [1.54, 1.807) is 0 Å². The number of carbonyl (C=O) groups excluding carboxylic acids is 1. The maximum atomic E-state index is 12.9. The van der Waals surface area contributed by atoms with E-state index in [1.807, 2.05) is 0 Å². The van der Waals surface area contributed by atoms with Crippen molar-refractivity contribution in [3.63, 3.8) is 0 Å². The maximum Gasteiger partial charge on any atom is 0.225 e. The Bertz CT molecular complexity index is 721. The molecule has 1 atom stereocenters. The predicted octanol–water partition coefficient (Wildman–Crippen LogP) is 4.17. The van der Waals surface area contributed by atoms with E-state index in [2.05, 4.69) is 32.9 Å². The molecule has 3 fully saturated rings. The van der Waals surface area contributed by atoms with Crippen LogP contribution in [0.5, 0.6) is 0 Å². The van der Waals surface area contributed by atoms with Gasteiger partial charge < -0.3 is 4.90 Å². The van der Waals surface area contributed by atoms with Crippen molar-refractivity contribution in [1.29, 1.82) is 0 Å². The van der Waals surface area contributed by atoms with Crippen LogP contribution in [0.3, 0.4) is 0 Å². The van der Waals surface area contributed by atoms with E-state index in [0.29, 0.717) is 18.0 Å². The Labute approximate surface area is 176 Å².